The number of thiophene rings is 1. The first-order chi connectivity index (χ1) is 35.6. The molecule has 4 aliphatic rings. The minimum Gasteiger partial charge on any atom is -0.311 e. The number of rotatable bonds is 8. The van der Waals surface area contributed by atoms with Crippen molar-refractivity contribution in [1.82, 2.24) is 0 Å². The van der Waals surface area contributed by atoms with E-state index < -0.39 is 0 Å². The highest BCUT2D eigenvalue weighted by molar-refractivity contribution is 7.33. The maximum absolute atomic E-state index is 2.77. The zero-order chi connectivity index (χ0) is 52.9. The van der Waals surface area contributed by atoms with Crippen molar-refractivity contribution < 1.29 is 0 Å². The van der Waals surface area contributed by atoms with Crippen LogP contribution in [0.2, 0.25) is 0 Å². The Morgan fingerprint density at radius 2 is 1.25 bits per heavy atom. The monoisotopic (exact) mass is 1000 g/mol. The van der Waals surface area contributed by atoms with Crippen LogP contribution in [0.5, 0.6) is 0 Å². The summed E-state index contributed by atoms with van der Waals surface area (Å²) in [6.07, 6.45) is 6.99. The molecule has 0 bridgehead atoms. The molecule has 12 rings (SSSR count). The molecule has 0 saturated heterocycles. The van der Waals surface area contributed by atoms with Crippen LogP contribution in [0.1, 0.15) is 179 Å². The van der Waals surface area contributed by atoms with Gasteiger partial charge in [0, 0.05) is 43.2 Å². The molecule has 8 aromatic rings. The molecule has 0 fully saturated rings. The Labute approximate surface area is 454 Å². The number of anilines is 6. The van der Waals surface area contributed by atoms with Crippen molar-refractivity contribution in [2.45, 2.75) is 175 Å². The average Bonchev–Trinajstić information content (AvgIpc) is 3.97. The number of aryl methyl sites for hydroxylation is 2. The molecule has 1 aromatic heterocycles. The number of benzene rings is 7. The van der Waals surface area contributed by atoms with Gasteiger partial charge >= 0.3 is 0 Å². The Morgan fingerprint density at radius 3 is 1.92 bits per heavy atom. The molecule has 0 radical (unpaired) electrons. The number of hydrogen-bond acceptors (Lipinski definition) is 3. The van der Waals surface area contributed by atoms with Crippen molar-refractivity contribution in [3.8, 4) is 22.3 Å². The molecule has 1 unspecified atom stereocenters. The first-order valence-corrected chi connectivity index (χ1v) is 29.3. The van der Waals surface area contributed by atoms with E-state index in [0.29, 0.717) is 5.92 Å². The topological polar surface area (TPSA) is 6.48 Å². The van der Waals surface area contributed by atoms with E-state index in [0.717, 1.165) is 12.8 Å². The predicted molar refractivity (Wildman–Crippen MR) is 329 cm³/mol. The fourth-order valence-electron chi connectivity index (χ4n) is 13.9. The Balaban J connectivity index is 1.23. The van der Waals surface area contributed by atoms with Crippen LogP contribution in [0.25, 0.3) is 32.3 Å². The number of hydrogen-bond donors (Lipinski definition) is 0. The molecule has 0 spiro atoms. The molecule has 382 valence electrons. The molecule has 3 heterocycles. The first-order valence-electron chi connectivity index (χ1n) is 28.5. The van der Waals surface area contributed by atoms with Gasteiger partial charge in [0.15, 0.2) is 0 Å². The minimum atomic E-state index is 0.0134. The third kappa shape index (κ3) is 7.75. The summed E-state index contributed by atoms with van der Waals surface area (Å²) < 4.78 is 2.86. The van der Waals surface area contributed by atoms with Crippen molar-refractivity contribution in [2.75, 3.05) is 9.80 Å². The summed E-state index contributed by atoms with van der Waals surface area (Å²) in [5.41, 5.74) is 27.4. The molecule has 0 N–H and O–H groups in total. The maximum atomic E-state index is 2.77. The van der Waals surface area contributed by atoms with Crippen LogP contribution in [0.4, 0.5) is 34.1 Å². The van der Waals surface area contributed by atoms with Crippen LogP contribution < -0.4 is 25.5 Å². The highest BCUT2D eigenvalue weighted by Crippen LogP contribution is 2.56. The van der Waals surface area contributed by atoms with E-state index in [1.807, 2.05) is 0 Å². The highest BCUT2D eigenvalue weighted by atomic mass is 32.1. The summed E-state index contributed by atoms with van der Waals surface area (Å²) in [4.78, 5) is 5.48. The first kappa shape index (κ1) is 50.0. The second kappa shape index (κ2) is 17.3. The van der Waals surface area contributed by atoms with Crippen LogP contribution in [-0.4, -0.2) is 6.71 Å². The van der Waals surface area contributed by atoms with Crippen molar-refractivity contribution >= 4 is 78.0 Å². The van der Waals surface area contributed by atoms with Gasteiger partial charge in [-0.2, -0.15) is 0 Å². The van der Waals surface area contributed by atoms with Gasteiger partial charge in [0.1, 0.15) is 0 Å². The molecule has 0 amide bonds. The van der Waals surface area contributed by atoms with Gasteiger partial charge in [0.05, 0.1) is 11.4 Å². The van der Waals surface area contributed by atoms with Crippen molar-refractivity contribution in [1.29, 1.82) is 0 Å². The molecule has 0 saturated carbocycles. The lowest BCUT2D eigenvalue weighted by Crippen LogP contribution is -2.60. The summed E-state index contributed by atoms with van der Waals surface area (Å²) in [6, 6.07) is 51.3. The normalized spacial score (nSPS) is 18.9. The van der Waals surface area contributed by atoms with Crippen molar-refractivity contribution in [2.24, 2.45) is 0 Å². The van der Waals surface area contributed by atoms with Crippen LogP contribution in [0, 0.1) is 13.8 Å². The van der Waals surface area contributed by atoms with E-state index in [9.17, 15) is 0 Å². The molecular formula is C71H79BN2S. The van der Waals surface area contributed by atoms with E-state index in [2.05, 4.69) is 252 Å². The third-order valence-corrected chi connectivity index (χ3v) is 20.9. The van der Waals surface area contributed by atoms with Gasteiger partial charge < -0.3 is 9.80 Å². The Morgan fingerprint density at radius 1 is 0.587 bits per heavy atom. The molecule has 7 aromatic carbocycles. The van der Waals surface area contributed by atoms with Crippen LogP contribution >= 0.6 is 11.3 Å². The van der Waals surface area contributed by atoms with Gasteiger partial charge in [-0.25, -0.2) is 0 Å². The molecule has 4 heteroatoms. The Bertz CT molecular complexity index is 3620. The fraction of sp³-hybridized carbons (Fsp3) is 0.380. The molecule has 2 aliphatic heterocycles. The SMILES string of the molecule is CCC(C)(C)c1ccc(N2c3cc(-c4ccc(C)cc4C)ccc3B3c4sc5cc6c(cc5c4N(c4ccc5c(c4)C(C)(C)CCC5(C)CC)c4cc(C(C)C)cc2c43)C(C)(C)CCC6(C)C)c(-c2ccccc2)c1. The van der Waals surface area contributed by atoms with Gasteiger partial charge in [-0.15, -0.1) is 11.3 Å². The van der Waals surface area contributed by atoms with Gasteiger partial charge in [-0.1, -0.05) is 168 Å². The zero-order valence-corrected chi connectivity index (χ0v) is 48.6. The molecule has 75 heavy (non-hydrogen) atoms. The number of nitrogens with zero attached hydrogens (tertiary/aromatic N) is 2. The number of fused-ring (bicyclic) bond motifs is 8. The zero-order valence-electron chi connectivity index (χ0n) is 47.8. The second-order valence-corrected chi connectivity index (χ2v) is 27.7. The van der Waals surface area contributed by atoms with Crippen molar-refractivity contribution in [3.63, 3.8) is 0 Å². The maximum Gasteiger partial charge on any atom is 0.264 e. The van der Waals surface area contributed by atoms with E-state index in [-0.39, 0.29) is 33.8 Å². The molecule has 1 atom stereocenters. The lowest BCUT2D eigenvalue weighted by molar-refractivity contribution is 0.305. The minimum absolute atomic E-state index is 0.0134. The largest absolute Gasteiger partial charge is 0.311 e. The Hall–Kier alpha value is -5.84. The van der Waals surface area contributed by atoms with Crippen LogP contribution in [0.15, 0.2) is 127 Å². The fourth-order valence-corrected chi connectivity index (χ4v) is 15.3. The third-order valence-electron chi connectivity index (χ3n) is 19.7. The van der Waals surface area contributed by atoms with Gasteiger partial charge in [-0.3, -0.25) is 0 Å². The molecular weight excluding hydrogens is 924 g/mol. The summed E-state index contributed by atoms with van der Waals surface area (Å²) in [7, 11) is 0. The lowest BCUT2D eigenvalue weighted by Gasteiger charge is -2.46. The summed E-state index contributed by atoms with van der Waals surface area (Å²) >= 11 is 2.07. The summed E-state index contributed by atoms with van der Waals surface area (Å²) in [6.45, 7) is 36.3. The van der Waals surface area contributed by atoms with Crippen LogP contribution in [0.3, 0.4) is 0 Å². The van der Waals surface area contributed by atoms with E-state index in [4.69, 9.17) is 0 Å². The average molecular weight is 1000 g/mol. The lowest BCUT2D eigenvalue weighted by atomic mass is 9.36. The van der Waals surface area contributed by atoms with Crippen LogP contribution in [-0.2, 0) is 27.1 Å². The second-order valence-electron chi connectivity index (χ2n) is 26.7. The van der Waals surface area contributed by atoms with Gasteiger partial charge in [0.2, 0.25) is 0 Å². The molecule has 2 nitrogen and oxygen atoms in total. The Kier molecular flexibility index (Phi) is 11.6. The quantitative estimate of drug-likeness (QED) is 0.140. The van der Waals surface area contributed by atoms with E-state index in [1.54, 1.807) is 0 Å². The summed E-state index contributed by atoms with van der Waals surface area (Å²) in [5, 5.41) is 1.40. The standard InChI is InChI=1S/C71H79BN2S/c1-16-67(7,8)49-25-30-59(52(39-49)46-21-19-18-20-22-46)74-60-36-47(51-27-23-44(5)35-45(51)6)24-29-58(60)72-64-61(37-48(43(3)4)38-62(64)74)73(50-26-28-54-55(40-50)70(13,14)33-34-71(54,15)17-2)65-53-41-56-57(42-63(53)75-66(65)72)69(11,12)32-31-68(56,9)10/h18-30,35-43H,16-17,31-34H2,1-15H3. The molecule has 2 aliphatic carbocycles. The van der Waals surface area contributed by atoms with Gasteiger partial charge in [0.25, 0.3) is 6.71 Å². The van der Waals surface area contributed by atoms with E-state index in [1.165, 1.54) is 152 Å². The smallest absolute Gasteiger partial charge is 0.264 e. The summed E-state index contributed by atoms with van der Waals surface area (Å²) in [5.74, 6) is 0.293. The van der Waals surface area contributed by atoms with Gasteiger partial charge in [-0.05, 0) is 207 Å². The predicted octanol–water partition coefficient (Wildman–Crippen LogP) is 18.8. The van der Waals surface area contributed by atoms with Crippen molar-refractivity contribution in [3.05, 3.63) is 172 Å². The van der Waals surface area contributed by atoms with E-state index >= 15 is 0 Å². The highest BCUT2D eigenvalue weighted by Gasteiger charge is 2.48.